The van der Waals surface area contributed by atoms with Crippen molar-refractivity contribution in [3.8, 4) is 11.5 Å². The van der Waals surface area contributed by atoms with Crippen LogP contribution in [-0.4, -0.2) is 9.97 Å². The summed E-state index contributed by atoms with van der Waals surface area (Å²) in [5, 5.41) is 2.27. The van der Waals surface area contributed by atoms with Crippen LogP contribution < -0.4 is 9.47 Å². The van der Waals surface area contributed by atoms with E-state index in [4.69, 9.17) is 19.4 Å². The number of hydrogen-bond donors (Lipinski definition) is 0. The van der Waals surface area contributed by atoms with Crippen molar-refractivity contribution in [2.24, 2.45) is 5.41 Å². The fourth-order valence-corrected chi connectivity index (χ4v) is 5.40. The molecule has 0 spiro atoms. The van der Waals surface area contributed by atoms with Crippen molar-refractivity contribution >= 4 is 21.8 Å². The van der Waals surface area contributed by atoms with E-state index in [2.05, 4.69) is 93.6 Å². The van der Waals surface area contributed by atoms with Crippen LogP contribution in [0.15, 0.2) is 121 Å². The Morgan fingerprint density at radius 2 is 0.927 bits per heavy atom. The van der Waals surface area contributed by atoms with Gasteiger partial charge < -0.3 is 9.47 Å². The third-order valence-electron chi connectivity index (χ3n) is 7.38. The van der Waals surface area contributed by atoms with Crippen LogP contribution >= 0.6 is 0 Å². The minimum Gasteiger partial charge on any atom is -0.487 e. The standard InChI is InChI=1S/C37H34N2O2/c1-37(2,3)36(28-14-20-32(21-15-28)40-24-30-18-12-26-8-4-6-10-34(26)38-30)29-16-22-33(23-17-29)41-25-31-19-13-27-9-5-7-11-35(27)39-31/h4-23,36H,24-25H2,1-3H3. The van der Waals surface area contributed by atoms with Gasteiger partial charge in [0.1, 0.15) is 24.7 Å². The van der Waals surface area contributed by atoms with E-state index >= 15 is 0 Å². The van der Waals surface area contributed by atoms with Gasteiger partial charge in [0.2, 0.25) is 0 Å². The van der Waals surface area contributed by atoms with Crippen LogP contribution in [-0.2, 0) is 13.2 Å². The third kappa shape index (κ3) is 6.22. The lowest BCUT2D eigenvalue weighted by Gasteiger charge is -2.32. The lowest BCUT2D eigenvalue weighted by atomic mass is 9.72. The summed E-state index contributed by atoms with van der Waals surface area (Å²) in [4.78, 5) is 9.44. The van der Waals surface area contributed by atoms with Crippen LogP contribution in [0, 0.1) is 5.41 Å². The Morgan fingerprint density at radius 1 is 0.512 bits per heavy atom. The summed E-state index contributed by atoms with van der Waals surface area (Å²) < 4.78 is 12.2. The van der Waals surface area contributed by atoms with Gasteiger partial charge in [-0.15, -0.1) is 0 Å². The Kier molecular flexibility index (Phi) is 7.39. The second kappa shape index (κ2) is 11.4. The number of pyridine rings is 2. The SMILES string of the molecule is CC(C)(C)C(c1ccc(OCc2ccc3ccccc3n2)cc1)c1ccc(OCc2ccc3ccccc3n2)cc1. The summed E-state index contributed by atoms with van der Waals surface area (Å²) in [6.45, 7) is 7.71. The normalized spacial score (nSPS) is 11.7. The van der Waals surface area contributed by atoms with Gasteiger partial charge in [-0.05, 0) is 65.1 Å². The predicted octanol–water partition coefficient (Wildman–Crippen LogP) is 9.12. The molecular formula is C37H34N2O2. The Bertz CT molecular complexity index is 1640. The summed E-state index contributed by atoms with van der Waals surface area (Å²) >= 11 is 0. The molecule has 0 radical (unpaired) electrons. The van der Waals surface area contributed by atoms with Crippen molar-refractivity contribution in [1.29, 1.82) is 0 Å². The van der Waals surface area contributed by atoms with Crippen molar-refractivity contribution < 1.29 is 9.47 Å². The molecule has 0 saturated heterocycles. The maximum Gasteiger partial charge on any atom is 0.130 e. The van der Waals surface area contributed by atoms with E-state index in [9.17, 15) is 0 Å². The minimum absolute atomic E-state index is 0.0226. The van der Waals surface area contributed by atoms with E-state index in [1.165, 1.54) is 11.1 Å². The van der Waals surface area contributed by atoms with Crippen LogP contribution in [0.5, 0.6) is 11.5 Å². The second-order valence-corrected chi connectivity index (χ2v) is 11.5. The lowest BCUT2D eigenvalue weighted by molar-refractivity contribution is 0.300. The average Bonchev–Trinajstić information content (AvgIpc) is 2.99. The van der Waals surface area contributed by atoms with E-state index in [0.717, 1.165) is 44.7 Å². The molecular weight excluding hydrogens is 504 g/mol. The zero-order valence-electron chi connectivity index (χ0n) is 23.7. The molecule has 4 aromatic carbocycles. The molecule has 41 heavy (non-hydrogen) atoms. The van der Waals surface area contributed by atoms with Gasteiger partial charge in [0.15, 0.2) is 0 Å². The molecule has 204 valence electrons. The summed E-state index contributed by atoms with van der Waals surface area (Å²) in [6, 6.07) is 41.4. The molecule has 0 fully saturated rings. The van der Waals surface area contributed by atoms with E-state index < -0.39 is 0 Å². The van der Waals surface area contributed by atoms with Crippen LogP contribution in [0.4, 0.5) is 0 Å². The number of hydrogen-bond acceptors (Lipinski definition) is 4. The topological polar surface area (TPSA) is 44.2 Å². The second-order valence-electron chi connectivity index (χ2n) is 11.5. The molecule has 0 saturated carbocycles. The molecule has 6 rings (SSSR count). The molecule has 4 nitrogen and oxygen atoms in total. The van der Waals surface area contributed by atoms with Gasteiger partial charge in [0.25, 0.3) is 0 Å². The fourth-order valence-electron chi connectivity index (χ4n) is 5.40. The Morgan fingerprint density at radius 3 is 1.34 bits per heavy atom. The van der Waals surface area contributed by atoms with Crippen LogP contribution in [0.2, 0.25) is 0 Å². The molecule has 0 aliphatic rings. The number of aromatic nitrogens is 2. The highest BCUT2D eigenvalue weighted by atomic mass is 16.5. The molecule has 0 amide bonds. The third-order valence-corrected chi connectivity index (χ3v) is 7.38. The van der Waals surface area contributed by atoms with Crippen LogP contribution in [0.1, 0.15) is 49.2 Å². The highest BCUT2D eigenvalue weighted by Crippen LogP contribution is 2.41. The number of nitrogens with zero attached hydrogens (tertiary/aromatic N) is 2. The van der Waals surface area contributed by atoms with E-state index in [0.29, 0.717) is 13.2 Å². The first-order valence-corrected chi connectivity index (χ1v) is 14.1. The smallest absolute Gasteiger partial charge is 0.130 e. The van der Waals surface area contributed by atoms with Crippen molar-refractivity contribution in [2.75, 3.05) is 0 Å². The molecule has 6 aromatic rings. The molecule has 4 heteroatoms. The van der Waals surface area contributed by atoms with Gasteiger partial charge in [0.05, 0.1) is 22.4 Å². The molecule has 0 bridgehead atoms. The molecule has 2 aromatic heterocycles. The van der Waals surface area contributed by atoms with Gasteiger partial charge in [-0.3, -0.25) is 0 Å². The predicted molar refractivity (Wildman–Crippen MR) is 166 cm³/mol. The fraction of sp³-hybridized carbons (Fsp3) is 0.189. The summed E-state index contributed by atoms with van der Waals surface area (Å²) in [7, 11) is 0. The molecule has 0 atom stereocenters. The highest BCUT2D eigenvalue weighted by Gasteiger charge is 2.28. The molecule has 0 aliphatic carbocycles. The van der Waals surface area contributed by atoms with E-state index in [1.54, 1.807) is 0 Å². The Balaban J connectivity index is 1.12. The number of benzene rings is 4. The van der Waals surface area contributed by atoms with Crippen molar-refractivity contribution in [1.82, 2.24) is 9.97 Å². The van der Waals surface area contributed by atoms with E-state index in [1.807, 2.05) is 48.5 Å². The first kappa shape index (κ1) is 26.5. The van der Waals surface area contributed by atoms with Crippen molar-refractivity contribution in [2.45, 2.75) is 39.9 Å². The Labute approximate surface area is 241 Å². The first-order chi connectivity index (χ1) is 19.9. The zero-order chi connectivity index (χ0) is 28.2. The van der Waals surface area contributed by atoms with Crippen LogP contribution in [0.25, 0.3) is 21.8 Å². The quantitative estimate of drug-likeness (QED) is 0.194. The summed E-state index contributed by atoms with van der Waals surface area (Å²) in [5.41, 5.74) is 6.33. The highest BCUT2D eigenvalue weighted by molar-refractivity contribution is 5.79. The molecule has 2 heterocycles. The molecule has 0 N–H and O–H groups in total. The lowest BCUT2D eigenvalue weighted by Crippen LogP contribution is -2.19. The van der Waals surface area contributed by atoms with Crippen LogP contribution in [0.3, 0.4) is 0 Å². The monoisotopic (exact) mass is 538 g/mol. The maximum absolute atomic E-state index is 6.09. The van der Waals surface area contributed by atoms with Gasteiger partial charge in [-0.2, -0.15) is 0 Å². The number of rotatable bonds is 8. The van der Waals surface area contributed by atoms with Gasteiger partial charge in [-0.1, -0.05) is 93.6 Å². The number of fused-ring (bicyclic) bond motifs is 2. The van der Waals surface area contributed by atoms with Gasteiger partial charge >= 0.3 is 0 Å². The van der Waals surface area contributed by atoms with Crippen molar-refractivity contribution in [3.63, 3.8) is 0 Å². The molecule has 0 unspecified atom stereocenters. The Hall–Kier alpha value is -4.70. The average molecular weight is 539 g/mol. The minimum atomic E-state index is 0.0226. The summed E-state index contributed by atoms with van der Waals surface area (Å²) in [6.07, 6.45) is 0. The summed E-state index contributed by atoms with van der Waals surface area (Å²) in [5.74, 6) is 1.89. The van der Waals surface area contributed by atoms with Crippen molar-refractivity contribution in [3.05, 3.63) is 144 Å². The van der Waals surface area contributed by atoms with Gasteiger partial charge in [0, 0.05) is 16.7 Å². The largest absolute Gasteiger partial charge is 0.487 e. The van der Waals surface area contributed by atoms with E-state index in [-0.39, 0.29) is 11.3 Å². The first-order valence-electron chi connectivity index (χ1n) is 14.1. The molecule has 0 aliphatic heterocycles. The number of ether oxygens (including phenoxy) is 2. The zero-order valence-corrected chi connectivity index (χ0v) is 23.7. The maximum atomic E-state index is 6.09. The number of para-hydroxylation sites is 2. The van der Waals surface area contributed by atoms with Gasteiger partial charge in [-0.25, -0.2) is 9.97 Å².